The Balaban J connectivity index is 1.68. The van der Waals surface area contributed by atoms with Crippen LogP contribution in [0.1, 0.15) is 26.3 Å². The normalized spacial score (nSPS) is 13.5. The number of rotatable bonds is 7. The molecule has 0 bridgehead atoms. The van der Waals surface area contributed by atoms with Crippen LogP contribution in [-0.4, -0.2) is 23.8 Å². The Morgan fingerprint density at radius 3 is 2.03 bits per heavy atom. The molecule has 2 N–H and O–H groups in total. The van der Waals surface area contributed by atoms with Crippen molar-refractivity contribution < 1.29 is 19.1 Å². The van der Waals surface area contributed by atoms with Gasteiger partial charge < -0.3 is 15.4 Å². The van der Waals surface area contributed by atoms with Crippen LogP contribution in [0.15, 0.2) is 84.6 Å². The molecule has 4 rings (SSSR count). The van der Waals surface area contributed by atoms with E-state index in [2.05, 4.69) is 10.6 Å². The van der Waals surface area contributed by atoms with Crippen molar-refractivity contribution in [3.8, 4) is 5.75 Å². The Morgan fingerprint density at radius 2 is 1.44 bits per heavy atom. The Kier molecular flexibility index (Phi) is 6.45. The third kappa shape index (κ3) is 4.83. The number of nitrogens with zero attached hydrogens (tertiary/aromatic N) is 1. The van der Waals surface area contributed by atoms with Crippen LogP contribution in [0.3, 0.4) is 0 Å². The summed E-state index contributed by atoms with van der Waals surface area (Å²) < 4.78 is 5.68. The first-order chi connectivity index (χ1) is 16.3. The van der Waals surface area contributed by atoms with Crippen molar-refractivity contribution in [3.05, 3.63) is 90.1 Å². The number of anilines is 3. The minimum Gasteiger partial charge on any atom is -0.491 e. The predicted octanol–water partition coefficient (Wildman–Crippen LogP) is 4.83. The van der Waals surface area contributed by atoms with Crippen LogP contribution in [0.25, 0.3) is 5.57 Å². The lowest BCUT2D eigenvalue weighted by Gasteiger charge is -2.16. The van der Waals surface area contributed by atoms with Gasteiger partial charge in [-0.25, -0.2) is 4.90 Å². The van der Waals surface area contributed by atoms with Gasteiger partial charge in [-0.3, -0.25) is 14.4 Å². The Bertz CT molecular complexity index is 1250. The lowest BCUT2D eigenvalue weighted by Crippen LogP contribution is -2.32. The van der Waals surface area contributed by atoms with Gasteiger partial charge in [0.25, 0.3) is 11.8 Å². The molecule has 7 nitrogen and oxygen atoms in total. The Morgan fingerprint density at radius 1 is 0.824 bits per heavy atom. The molecule has 1 heterocycles. The van der Waals surface area contributed by atoms with E-state index in [1.165, 1.54) is 6.92 Å². The Labute approximate surface area is 198 Å². The van der Waals surface area contributed by atoms with Crippen LogP contribution in [0.2, 0.25) is 0 Å². The van der Waals surface area contributed by atoms with Gasteiger partial charge >= 0.3 is 0 Å². The summed E-state index contributed by atoms with van der Waals surface area (Å²) in [5, 5.41) is 5.82. The molecule has 172 valence electrons. The van der Waals surface area contributed by atoms with Crippen molar-refractivity contribution in [1.82, 2.24) is 0 Å². The zero-order chi connectivity index (χ0) is 24.2. The van der Waals surface area contributed by atoms with Gasteiger partial charge in [0, 0.05) is 18.3 Å². The first-order valence-corrected chi connectivity index (χ1v) is 10.9. The zero-order valence-electron chi connectivity index (χ0n) is 19.2. The Hall–Kier alpha value is -4.39. The quantitative estimate of drug-likeness (QED) is 0.499. The summed E-state index contributed by atoms with van der Waals surface area (Å²) in [5.74, 6) is -0.373. The van der Waals surface area contributed by atoms with E-state index in [-0.39, 0.29) is 17.7 Å². The van der Waals surface area contributed by atoms with Crippen LogP contribution in [0.4, 0.5) is 17.1 Å². The number of amides is 3. The van der Waals surface area contributed by atoms with Crippen molar-refractivity contribution in [1.29, 1.82) is 0 Å². The van der Waals surface area contributed by atoms with Crippen molar-refractivity contribution in [2.45, 2.75) is 26.9 Å². The second-order valence-corrected chi connectivity index (χ2v) is 8.11. The fourth-order valence-corrected chi connectivity index (χ4v) is 3.68. The van der Waals surface area contributed by atoms with E-state index >= 15 is 0 Å². The summed E-state index contributed by atoms with van der Waals surface area (Å²) >= 11 is 0. The van der Waals surface area contributed by atoms with E-state index in [4.69, 9.17) is 4.74 Å². The molecular formula is C27H25N3O4. The van der Waals surface area contributed by atoms with Crippen LogP contribution in [-0.2, 0) is 14.4 Å². The maximum atomic E-state index is 13.5. The summed E-state index contributed by atoms with van der Waals surface area (Å²) in [6, 6.07) is 22.9. The third-order valence-electron chi connectivity index (χ3n) is 5.09. The molecule has 0 radical (unpaired) electrons. The highest BCUT2D eigenvalue weighted by molar-refractivity contribution is 6.46. The van der Waals surface area contributed by atoms with E-state index in [1.807, 2.05) is 44.2 Å². The molecule has 0 fully saturated rings. The molecule has 1 aliphatic heterocycles. The van der Waals surface area contributed by atoms with Gasteiger partial charge in [0.1, 0.15) is 11.4 Å². The number of carbonyl (C=O) groups excluding carboxylic acids is 3. The van der Waals surface area contributed by atoms with E-state index < -0.39 is 11.8 Å². The summed E-state index contributed by atoms with van der Waals surface area (Å²) in [6.45, 7) is 5.31. The number of hydrogen-bond acceptors (Lipinski definition) is 5. The van der Waals surface area contributed by atoms with Crippen LogP contribution in [0, 0.1) is 0 Å². The SMILES string of the molecule is CC(=O)Nc1ccc(N2C(=O)C(Nc3ccc(OC(C)C)cc3)=C(c3ccccc3)C2=O)cc1. The minimum absolute atomic E-state index is 0.0471. The monoisotopic (exact) mass is 455 g/mol. The number of hydrogen-bond donors (Lipinski definition) is 2. The fourth-order valence-electron chi connectivity index (χ4n) is 3.68. The van der Waals surface area contributed by atoms with Gasteiger partial charge in [-0.1, -0.05) is 30.3 Å². The van der Waals surface area contributed by atoms with Crippen molar-refractivity contribution in [2.24, 2.45) is 0 Å². The number of benzene rings is 3. The standard InChI is InChI=1S/C27H25N3O4/c1-17(2)34-23-15-11-21(12-16-23)29-25-24(19-7-5-4-6-8-19)26(32)30(27(25)33)22-13-9-20(10-14-22)28-18(3)31/h4-17,29H,1-3H3,(H,28,31). The van der Waals surface area contributed by atoms with E-state index in [0.717, 1.165) is 4.90 Å². The third-order valence-corrected chi connectivity index (χ3v) is 5.09. The van der Waals surface area contributed by atoms with Gasteiger partial charge in [-0.15, -0.1) is 0 Å². The lowest BCUT2D eigenvalue weighted by atomic mass is 10.0. The summed E-state index contributed by atoms with van der Waals surface area (Å²) in [6.07, 6.45) is 0.0471. The average molecular weight is 456 g/mol. The van der Waals surface area contributed by atoms with Crippen LogP contribution >= 0.6 is 0 Å². The number of carbonyl (C=O) groups is 3. The molecule has 1 aliphatic rings. The predicted molar refractivity (Wildman–Crippen MR) is 132 cm³/mol. The highest BCUT2D eigenvalue weighted by atomic mass is 16.5. The van der Waals surface area contributed by atoms with Crippen molar-refractivity contribution in [2.75, 3.05) is 15.5 Å². The largest absolute Gasteiger partial charge is 0.491 e. The van der Waals surface area contributed by atoms with E-state index in [1.54, 1.807) is 48.5 Å². The highest BCUT2D eigenvalue weighted by Crippen LogP contribution is 2.34. The molecule has 0 saturated heterocycles. The molecule has 0 atom stereocenters. The van der Waals surface area contributed by atoms with Crippen LogP contribution in [0.5, 0.6) is 5.75 Å². The van der Waals surface area contributed by atoms with Crippen molar-refractivity contribution in [3.63, 3.8) is 0 Å². The zero-order valence-corrected chi connectivity index (χ0v) is 19.2. The molecule has 0 unspecified atom stereocenters. The minimum atomic E-state index is -0.460. The van der Waals surface area contributed by atoms with E-state index in [0.29, 0.717) is 33.9 Å². The first kappa shape index (κ1) is 22.8. The molecule has 7 heteroatoms. The van der Waals surface area contributed by atoms with Crippen molar-refractivity contribution >= 4 is 40.4 Å². The summed E-state index contributed by atoms with van der Waals surface area (Å²) in [5.41, 5.74) is 2.77. The first-order valence-electron chi connectivity index (χ1n) is 10.9. The summed E-state index contributed by atoms with van der Waals surface area (Å²) in [4.78, 5) is 39.4. The number of nitrogens with one attached hydrogen (secondary N) is 2. The second kappa shape index (κ2) is 9.62. The highest BCUT2D eigenvalue weighted by Gasteiger charge is 2.40. The maximum absolute atomic E-state index is 13.5. The van der Waals surface area contributed by atoms with Gasteiger partial charge in [-0.2, -0.15) is 0 Å². The average Bonchev–Trinajstić information content (AvgIpc) is 3.05. The summed E-state index contributed by atoms with van der Waals surface area (Å²) in [7, 11) is 0. The topological polar surface area (TPSA) is 87.7 Å². The molecule has 0 spiro atoms. The molecule has 0 saturated carbocycles. The maximum Gasteiger partial charge on any atom is 0.282 e. The van der Waals surface area contributed by atoms with E-state index in [9.17, 15) is 14.4 Å². The van der Waals surface area contributed by atoms with Gasteiger partial charge in [0.15, 0.2) is 0 Å². The fraction of sp³-hybridized carbons (Fsp3) is 0.148. The lowest BCUT2D eigenvalue weighted by molar-refractivity contribution is -0.120. The molecular weight excluding hydrogens is 430 g/mol. The smallest absolute Gasteiger partial charge is 0.282 e. The molecule has 0 aliphatic carbocycles. The molecule has 0 aromatic heterocycles. The van der Waals surface area contributed by atoms with Gasteiger partial charge in [-0.05, 0) is 67.9 Å². The number of ether oxygens (including phenoxy) is 1. The molecule has 3 amide bonds. The van der Waals surface area contributed by atoms with Crippen LogP contribution < -0.4 is 20.3 Å². The molecule has 34 heavy (non-hydrogen) atoms. The second-order valence-electron chi connectivity index (χ2n) is 8.11. The van der Waals surface area contributed by atoms with Gasteiger partial charge in [0.05, 0.1) is 17.4 Å². The number of imide groups is 1. The molecule has 3 aromatic rings. The van der Waals surface area contributed by atoms with Gasteiger partial charge in [0.2, 0.25) is 5.91 Å². The molecule has 3 aromatic carbocycles.